The van der Waals surface area contributed by atoms with Crippen LogP contribution in [0.5, 0.6) is 0 Å². The van der Waals surface area contributed by atoms with Crippen LogP contribution in [0.3, 0.4) is 0 Å². The van der Waals surface area contributed by atoms with E-state index in [1.165, 1.54) is 11.1 Å². The topological polar surface area (TPSA) is 118 Å². The third-order valence-corrected chi connectivity index (χ3v) is 5.26. The average Bonchev–Trinajstić information content (AvgIpc) is 3.19. The molecule has 146 valence electrons. The van der Waals surface area contributed by atoms with Crippen LogP contribution in [-0.2, 0) is 22.6 Å². The summed E-state index contributed by atoms with van der Waals surface area (Å²) in [4.78, 5) is 35.4. The summed E-state index contributed by atoms with van der Waals surface area (Å²) in [6.07, 6.45) is 5.28. The number of carbonyl (C=O) groups excluding carboxylic acids is 3. The second-order valence-electron chi connectivity index (χ2n) is 7.27. The molecule has 0 bridgehead atoms. The highest BCUT2D eigenvalue weighted by Crippen LogP contribution is 2.37. The normalized spacial score (nSPS) is 20.2. The minimum atomic E-state index is -0.660. The van der Waals surface area contributed by atoms with E-state index in [9.17, 15) is 14.4 Å². The summed E-state index contributed by atoms with van der Waals surface area (Å²) in [6.45, 7) is 0.0479. The zero-order valence-corrected chi connectivity index (χ0v) is 15.3. The Labute approximate surface area is 161 Å². The molecule has 2 fully saturated rings. The summed E-state index contributed by atoms with van der Waals surface area (Å²) >= 11 is 0. The molecule has 1 aliphatic heterocycles. The Morgan fingerprint density at radius 3 is 2.68 bits per heavy atom. The van der Waals surface area contributed by atoms with Crippen molar-refractivity contribution in [2.24, 2.45) is 5.92 Å². The standard InChI is InChI=1S/C19H22N6O3/c26-16(21-17(13-7-4-8-13)12-5-2-1-3-6-12)11-25-10-14(23-24-25)9-15-18(27)22-19(28)20-15/h1-3,5-6,10,13,15,17H,4,7-9,11H2,(H,21,26)(H2,20,22,27,28)/t15-,17+/m1/s1. The summed E-state index contributed by atoms with van der Waals surface area (Å²) < 4.78 is 1.45. The fraction of sp³-hybridized carbons (Fsp3) is 0.421. The molecule has 0 radical (unpaired) electrons. The molecule has 2 heterocycles. The van der Waals surface area contributed by atoms with E-state index in [2.05, 4.69) is 26.3 Å². The van der Waals surface area contributed by atoms with E-state index in [-0.39, 0.29) is 30.8 Å². The maximum atomic E-state index is 12.6. The smallest absolute Gasteiger partial charge is 0.322 e. The molecule has 2 aliphatic rings. The molecule has 28 heavy (non-hydrogen) atoms. The fourth-order valence-corrected chi connectivity index (χ4v) is 3.59. The minimum Gasteiger partial charge on any atom is -0.347 e. The highest BCUT2D eigenvalue weighted by molar-refractivity contribution is 6.04. The van der Waals surface area contributed by atoms with Crippen LogP contribution in [0.4, 0.5) is 4.79 Å². The molecular weight excluding hydrogens is 360 g/mol. The van der Waals surface area contributed by atoms with Crippen LogP contribution in [0.25, 0.3) is 0 Å². The van der Waals surface area contributed by atoms with Crippen molar-refractivity contribution in [3.05, 3.63) is 47.8 Å². The molecule has 1 aromatic carbocycles. The lowest BCUT2D eigenvalue weighted by atomic mass is 9.77. The molecule has 1 saturated heterocycles. The van der Waals surface area contributed by atoms with Crippen molar-refractivity contribution >= 4 is 17.8 Å². The largest absolute Gasteiger partial charge is 0.347 e. The van der Waals surface area contributed by atoms with Gasteiger partial charge in [-0.05, 0) is 24.3 Å². The van der Waals surface area contributed by atoms with Crippen LogP contribution >= 0.6 is 0 Å². The van der Waals surface area contributed by atoms with Crippen LogP contribution < -0.4 is 16.0 Å². The highest BCUT2D eigenvalue weighted by atomic mass is 16.2. The molecule has 3 N–H and O–H groups in total. The average molecular weight is 382 g/mol. The second-order valence-corrected chi connectivity index (χ2v) is 7.27. The zero-order chi connectivity index (χ0) is 19.5. The number of nitrogens with zero attached hydrogens (tertiary/aromatic N) is 3. The summed E-state index contributed by atoms with van der Waals surface area (Å²) in [5, 5.41) is 15.8. The summed E-state index contributed by atoms with van der Waals surface area (Å²) in [6, 6.07) is 8.84. The van der Waals surface area contributed by atoms with Gasteiger partial charge in [0.2, 0.25) is 5.91 Å². The van der Waals surface area contributed by atoms with Crippen LogP contribution in [0.2, 0.25) is 0 Å². The molecule has 1 aromatic heterocycles. The van der Waals surface area contributed by atoms with E-state index >= 15 is 0 Å². The Hall–Kier alpha value is -3.23. The summed E-state index contributed by atoms with van der Waals surface area (Å²) in [7, 11) is 0. The number of urea groups is 1. The number of carbonyl (C=O) groups is 3. The van der Waals surface area contributed by atoms with Gasteiger partial charge in [0, 0.05) is 12.6 Å². The molecule has 1 aliphatic carbocycles. The second kappa shape index (κ2) is 7.79. The van der Waals surface area contributed by atoms with E-state index in [1.54, 1.807) is 6.20 Å². The molecule has 0 spiro atoms. The Bertz CT molecular complexity index is 877. The van der Waals surface area contributed by atoms with E-state index in [0.717, 1.165) is 18.4 Å². The van der Waals surface area contributed by atoms with Crippen molar-refractivity contribution in [2.45, 2.75) is 44.3 Å². The number of rotatable bonds is 7. The quantitative estimate of drug-likeness (QED) is 0.609. The van der Waals surface area contributed by atoms with Crippen molar-refractivity contribution in [3.63, 3.8) is 0 Å². The Morgan fingerprint density at radius 1 is 1.25 bits per heavy atom. The van der Waals surface area contributed by atoms with Gasteiger partial charge in [0.25, 0.3) is 5.91 Å². The van der Waals surface area contributed by atoms with Gasteiger partial charge in [0.05, 0.1) is 11.7 Å². The fourth-order valence-electron chi connectivity index (χ4n) is 3.59. The molecule has 2 atom stereocenters. The van der Waals surface area contributed by atoms with Crippen molar-refractivity contribution < 1.29 is 14.4 Å². The number of imide groups is 1. The molecule has 0 unspecified atom stereocenters. The van der Waals surface area contributed by atoms with Gasteiger partial charge in [-0.25, -0.2) is 9.48 Å². The van der Waals surface area contributed by atoms with Crippen molar-refractivity contribution in [1.29, 1.82) is 0 Å². The first-order chi connectivity index (χ1) is 13.6. The van der Waals surface area contributed by atoms with E-state index in [1.807, 2.05) is 30.3 Å². The lowest BCUT2D eigenvalue weighted by molar-refractivity contribution is -0.123. The van der Waals surface area contributed by atoms with Crippen LogP contribution in [-0.4, -0.2) is 38.9 Å². The molecular formula is C19H22N6O3. The minimum absolute atomic E-state index is 0.00263. The van der Waals surface area contributed by atoms with Gasteiger partial charge in [0.1, 0.15) is 12.6 Å². The molecule has 1 saturated carbocycles. The number of benzene rings is 1. The Balaban J connectivity index is 1.36. The van der Waals surface area contributed by atoms with E-state index in [4.69, 9.17) is 0 Å². The van der Waals surface area contributed by atoms with Crippen molar-refractivity contribution in [1.82, 2.24) is 30.9 Å². The van der Waals surface area contributed by atoms with Crippen molar-refractivity contribution in [3.8, 4) is 0 Å². The first-order valence-corrected chi connectivity index (χ1v) is 9.43. The van der Waals surface area contributed by atoms with E-state index < -0.39 is 12.1 Å². The van der Waals surface area contributed by atoms with Gasteiger partial charge in [-0.2, -0.15) is 0 Å². The number of hydrogen-bond acceptors (Lipinski definition) is 5. The first kappa shape index (κ1) is 18.1. The van der Waals surface area contributed by atoms with Gasteiger partial charge in [-0.1, -0.05) is 42.0 Å². The van der Waals surface area contributed by atoms with Gasteiger partial charge in [0.15, 0.2) is 0 Å². The lowest BCUT2D eigenvalue weighted by Gasteiger charge is -2.34. The molecule has 9 heteroatoms. The first-order valence-electron chi connectivity index (χ1n) is 9.43. The third-order valence-electron chi connectivity index (χ3n) is 5.26. The third kappa shape index (κ3) is 4.03. The SMILES string of the molecule is O=C(Cn1cc(C[C@H]2NC(=O)NC2=O)nn1)N[C@@H](c1ccccc1)C1CCC1. The van der Waals surface area contributed by atoms with Gasteiger partial charge < -0.3 is 10.6 Å². The Kier molecular flexibility index (Phi) is 5.05. The molecule has 4 rings (SSSR count). The van der Waals surface area contributed by atoms with Crippen molar-refractivity contribution in [2.75, 3.05) is 0 Å². The van der Waals surface area contributed by atoms with Crippen LogP contribution in [0.15, 0.2) is 36.5 Å². The number of amides is 4. The summed E-state index contributed by atoms with van der Waals surface area (Å²) in [5.41, 5.74) is 1.65. The Morgan fingerprint density at radius 2 is 2.04 bits per heavy atom. The molecule has 9 nitrogen and oxygen atoms in total. The van der Waals surface area contributed by atoms with Crippen LogP contribution in [0.1, 0.15) is 36.6 Å². The predicted molar refractivity (Wildman–Crippen MR) is 98.9 cm³/mol. The van der Waals surface area contributed by atoms with Gasteiger partial charge in [-0.3, -0.25) is 14.9 Å². The number of hydrogen-bond donors (Lipinski definition) is 3. The summed E-state index contributed by atoms with van der Waals surface area (Å²) in [5.74, 6) is -0.0604. The lowest BCUT2D eigenvalue weighted by Crippen LogP contribution is -2.38. The zero-order valence-electron chi connectivity index (χ0n) is 15.3. The number of nitrogens with one attached hydrogen (secondary N) is 3. The molecule has 2 aromatic rings. The van der Waals surface area contributed by atoms with Crippen LogP contribution in [0, 0.1) is 5.92 Å². The maximum absolute atomic E-state index is 12.6. The molecule has 4 amide bonds. The van der Waals surface area contributed by atoms with Gasteiger partial charge in [-0.15, -0.1) is 5.10 Å². The predicted octanol–water partition coefficient (Wildman–Crippen LogP) is 0.686. The number of aromatic nitrogens is 3. The van der Waals surface area contributed by atoms with E-state index in [0.29, 0.717) is 11.6 Å². The van der Waals surface area contributed by atoms with Gasteiger partial charge >= 0.3 is 6.03 Å². The monoisotopic (exact) mass is 382 g/mol. The highest BCUT2D eigenvalue weighted by Gasteiger charge is 2.31. The maximum Gasteiger partial charge on any atom is 0.322 e.